The summed E-state index contributed by atoms with van der Waals surface area (Å²) in [5, 5.41) is 0. The van der Waals surface area contributed by atoms with Crippen molar-refractivity contribution in [2.45, 2.75) is 39.5 Å². The van der Waals surface area contributed by atoms with Crippen LogP contribution in [0, 0.1) is 0 Å². The minimum atomic E-state index is -0.340. The summed E-state index contributed by atoms with van der Waals surface area (Å²) in [4.78, 5) is 32.0. The summed E-state index contributed by atoms with van der Waals surface area (Å²) in [7, 11) is 0. The minimum Gasteiger partial charge on any atom is -0.465 e. The number of ketones is 2. The zero-order valence-corrected chi connectivity index (χ0v) is 8.67. The first-order chi connectivity index (χ1) is 6.52. The van der Waals surface area contributed by atoms with Gasteiger partial charge in [0.15, 0.2) is 0 Å². The van der Waals surface area contributed by atoms with Crippen LogP contribution < -0.4 is 0 Å². The molecule has 0 aliphatic carbocycles. The Morgan fingerprint density at radius 2 is 1.50 bits per heavy atom. The Hall–Kier alpha value is -1.19. The Labute approximate surface area is 83.6 Å². The highest BCUT2D eigenvalue weighted by molar-refractivity contribution is 5.77. The molecule has 4 heteroatoms. The molecule has 0 saturated heterocycles. The summed E-state index contributed by atoms with van der Waals surface area (Å²) >= 11 is 0. The molecule has 0 aromatic carbocycles. The molecule has 0 aromatic heterocycles. The maximum absolute atomic E-state index is 11.0. The van der Waals surface area contributed by atoms with Gasteiger partial charge in [-0.25, -0.2) is 0 Å². The monoisotopic (exact) mass is 200 g/mol. The highest BCUT2D eigenvalue weighted by atomic mass is 16.5. The molecule has 80 valence electrons. The minimum absolute atomic E-state index is 0.00142. The van der Waals surface area contributed by atoms with Gasteiger partial charge in [-0.3, -0.25) is 9.59 Å². The first kappa shape index (κ1) is 12.8. The molecule has 0 saturated carbocycles. The van der Waals surface area contributed by atoms with Crippen molar-refractivity contribution >= 4 is 17.5 Å². The Morgan fingerprint density at radius 1 is 0.929 bits per heavy atom. The smallest absolute Gasteiger partial charge is 0.305 e. The van der Waals surface area contributed by atoms with E-state index in [1.165, 1.54) is 13.8 Å². The van der Waals surface area contributed by atoms with Crippen molar-refractivity contribution in [2.75, 3.05) is 6.61 Å². The number of carbonyl (C=O) groups is 3. The van der Waals surface area contributed by atoms with E-state index in [1.807, 2.05) is 0 Å². The predicted octanol–water partition coefficient (Wildman–Crippen LogP) is 1.27. The molecule has 0 atom stereocenters. The third kappa shape index (κ3) is 8.90. The van der Waals surface area contributed by atoms with Gasteiger partial charge in [0.2, 0.25) is 0 Å². The number of hydrogen-bond donors (Lipinski definition) is 0. The van der Waals surface area contributed by atoms with Crippen LogP contribution in [0.1, 0.15) is 39.5 Å². The second-order valence-electron chi connectivity index (χ2n) is 3.23. The second-order valence-corrected chi connectivity index (χ2v) is 3.23. The standard InChI is InChI=1S/C10H16O4/c1-8(11)4-3-5-10(13)14-7-6-9(2)12/h3-7H2,1-2H3. The number of ether oxygens (including phenoxy) is 1. The average molecular weight is 200 g/mol. The lowest BCUT2D eigenvalue weighted by Gasteiger charge is -2.02. The number of carbonyl (C=O) groups excluding carboxylic acids is 3. The van der Waals surface area contributed by atoms with E-state index in [1.54, 1.807) is 0 Å². The molecule has 0 unspecified atom stereocenters. The molecule has 14 heavy (non-hydrogen) atoms. The van der Waals surface area contributed by atoms with Gasteiger partial charge in [-0.15, -0.1) is 0 Å². The molecule has 4 nitrogen and oxygen atoms in total. The van der Waals surface area contributed by atoms with Crippen molar-refractivity contribution in [3.8, 4) is 0 Å². The maximum atomic E-state index is 11.0. The molecule has 0 aliphatic rings. The van der Waals surface area contributed by atoms with Crippen molar-refractivity contribution in [3.05, 3.63) is 0 Å². The molecular weight excluding hydrogens is 184 g/mol. The van der Waals surface area contributed by atoms with Crippen molar-refractivity contribution in [3.63, 3.8) is 0 Å². The molecule has 0 N–H and O–H groups in total. The fourth-order valence-corrected chi connectivity index (χ4v) is 0.862. The van der Waals surface area contributed by atoms with E-state index >= 15 is 0 Å². The number of Topliss-reactive ketones (excluding diaryl/α,β-unsaturated/α-hetero) is 2. The lowest BCUT2D eigenvalue weighted by Crippen LogP contribution is -2.08. The molecule has 0 heterocycles. The van der Waals surface area contributed by atoms with Gasteiger partial charge in [0.1, 0.15) is 11.6 Å². The van der Waals surface area contributed by atoms with Crippen LogP contribution in [0.5, 0.6) is 0 Å². The summed E-state index contributed by atoms with van der Waals surface area (Å²) in [6, 6.07) is 0. The lowest BCUT2D eigenvalue weighted by atomic mass is 10.2. The van der Waals surface area contributed by atoms with E-state index in [2.05, 4.69) is 0 Å². The van der Waals surface area contributed by atoms with Crippen molar-refractivity contribution < 1.29 is 19.1 Å². The first-order valence-corrected chi connectivity index (χ1v) is 4.67. The second kappa shape index (κ2) is 7.24. The van der Waals surface area contributed by atoms with Gasteiger partial charge in [-0.2, -0.15) is 0 Å². The van der Waals surface area contributed by atoms with Gasteiger partial charge < -0.3 is 9.53 Å². The van der Waals surface area contributed by atoms with E-state index < -0.39 is 0 Å². The lowest BCUT2D eigenvalue weighted by molar-refractivity contribution is -0.144. The summed E-state index contributed by atoms with van der Waals surface area (Å²) in [6.45, 7) is 3.08. The van der Waals surface area contributed by atoms with Crippen LogP contribution in [0.3, 0.4) is 0 Å². The van der Waals surface area contributed by atoms with Crippen LogP contribution in [0.2, 0.25) is 0 Å². The van der Waals surface area contributed by atoms with Crippen LogP contribution in [-0.2, 0) is 19.1 Å². The summed E-state index contributed by atoms with van der Waals surface area (Å²) in [5.74, 6) is -0.268. The molecule has 0 rings (SSSR count). The summed E-state index contributed by atoms with van der Waals surface area (Å²) in [6.07, 6.45) is 1.44. The Kier molecular flexibility index (Phi) is 6.62. The van der Waals surface area contributed by atoms with E-state index in [0.29, 0.717) is 12.8 Å². The average Bonchev–Trinajstić information content (AvgIpc) is 2.02. The molecular formula is C10H16O4. The molecule has 0 bridgehead atoms. The molecule has 0 spiro atoms. The van der Waals surface area contributed by atoms with Crippen molar-refractivity contribution in [1.29, 1.82) is 0 Å². The molecule has 0 fully saturated rings. The molecule has 0 aromatic rings. The quantitative estimate of drug-likeness (QED) is 0.580. The highest BCUT2D eigenvalue weighted by Crippen LogP contribution is 1.99. The molecule has 0 aliphatic heterocycles. The van der Waals surface area contributed by atoms with Crippen LogP contribution in [0.4, 0.5) is 0 Å². The number of esters is 1. The Morgan fingerprint density at radius 3 is 2.00 bits per heavy atom. The van der Waals surface area contributed by atoms with Crippen LogP contribution in [0.25, 0.3) is 0 Å². The third-order valence-corrected chi connectivity index (χ3v) is 1.63. The Balaban J connectivity index is 3.37. The van der Waals surface area contributed by atoms with Gasteiger partial charge in [-0.05, 0) is 20.3 Å². The maximum Gasteiger partial charge on any atom is 0.305 e. The normalized spacial score (nSPS) is 9.57. The molecule has 0 amide bonds. The zero-order chi connectivity index (χ0) is 11.0. The van der Waals surface area contributed by atoms with E-state index in [-0.39, 0.29) is 37.0 Å². The fourth-order valence-electron chi connectivity index (χ4n) is 0.862. The predicted molar refractivity (Wildman–Crippen MR) is 50.8 cm³/mol. The van der Waals surface area contributed by atoms with Crippen molar-refractivity contribution in [2.24, 2.45) is 0 Å². The highest BCUT2D eigenvalue weighted by Gasteiger charge is 2.04. The fraction of sp³-hybridized carbons (Fsp3) is 0.700. The van der Waals surface area contributed by atoms with Gasteiger partial charge in [0, 0.05) is 19.3 Å². The van der Waals surface area contributed by atoms with Crippen LogP contribution in [0.15, 0.2) is 0 Å². The molecule has 0 radical (unpaired) electrons. The third-order valence-electron chi connectivity index (χ3n) is 1.63. The largest absolute Gasteiger partial charge is 0.465 e. The summed E-state index contributed by atoms with van der Waals surface area (Å²) in [5.41, 5.74) is 0. The SMILES string of the molecule is CC(=O)CCCC(=O)OCCC(C)=O. The number of hydrogen-bond acceptors (Lipinski definition) is 4. The van der Waals surface area contributed by atoms with Gasteiger partial charge in [0.25, 0.3) is 0 Å². The van der Waals surface area contributed by atoms with Crippen LogP contribution >= 0.6 is 0 Å². The van der Waals surface area contributed by atoms with Gasteiger partial charge in [-0.1, -0.05) is 0 Å². The topological polar surface area (TPSA) is 60.4 Å². The van der Waals surface area contributed by atoms with Crippen molar-refractivity contribution in [1.82, 2.24) is 0 Å². The summed E-state index contributed by atoms with van der Waals surface area (Å²) < 4.78 is 4.76. The van der Waals surface area contributed by atoms with E-state index in [4.69, 9.17) is 4.74 Å². The van der Waals surface area contributed by atoms with Crippen LogP contribution in [-0.4, -0.2) is 24.1 Å². The first-order valence-electron chi connectivity index (χ1n) is 4.67. The van der Waals surface area contributed by atoms with Gasteiger partial charge >= 0.3 is 5.97 Å². The Bertz CT molecular complexity index is 198. The zero-order valence-electron chi connectivity index (χ0n) is 8.67. The number of rotatable bonds is 7. The van der Waals surface area contributed by atoms with E-state index in [9.17, 15) is 14.4 Å². The van der Waals surface area contributed by atoms with E-state index in [0.717, 1.165) is 0 Å². The van der Waals surface area contributed by atoms with Gasteiger partial charge in [0.05, 0.1) is 6.61 Å².